The quantitative estimate of drug-likeness (QED) is 0.263. The van der Waals surface area contributed by atoms with Gasteiger partial charge in [-0.05, 0) is 115 Å². The van der Waals surface area contributed by atoms with E-state index in [1.807, 2.05) is 24.3 Å². The Morgan fingerprint density at radius 1 is 0.647 bits per heavy atom. The lowest BCUT2D eigenvalue weighted by molar-refractivity contribution is 0.981. The Hall–Kier alpha value is -4.12. The molecule has 2 aromatic heterocycles. The number of benzene rings is 2. The van der Waals surface area contributed by atoms with Crippen molar-refractivity contribution in [2.45, 2.75) is 19.8 Å². The van der Waals surface area contributed by atoms with E-state index in [9.17, 15) is 0 Å². The van der Waals surface area contributed by atoms with Gasteiger partial charge in [0, 0.05) is 21.0 Å². The smallest absolute Gasteiger partial charge is 0.0785 e. The standard InChI is InChI=1S/C31H21NS2/c1-2-3-4-8-29-22-23-31(34-29)26-15-10-25(11-16-26)14-19-30-21-20-28(33-30)9-6-5-7-24-12-17-27(32)18-13-24/h10-13,15-18,20-23H,14,19,32H2,1H3. The van der Waals surface area contributed by atoms with Gasteiger partial charge < -0.3 is 5.73 Å². The summed E-state index contributed by atoms with van der Waals surface area (Å²) in [5, 5.41) is 0. The molecule has 0 amide bonds. The molecule has 0 aliphatic carbocycles. The molecule has 0 unspecified atom stereocenters. The molecule has 0 aliphatic rings. The molecule has 0 radical (unpaired) electrons. The molecule has 0 saturated heterocycles. The van der Waals surface area contributed by atoms with E-state index < -0.39 is 0 Å². The second-order valence-electron chi connectivity index (χ2n) is 7.37. The first-order valence-corrected chi connectivity index (χ1v) is 12.4. The highest BCUT2D eigenvalue weighted by atomic mass is 32.1. The van der Waals surface area contributed by atoms with Crippen molar-refractivity contribution in [2.75, 3.05) is 5.73 Å². The van der Waals surface area contributed by atoms with Gasteiger partial charge in [-0.2, -0.15) is 0 Å². The highest BCUT2D eigenvalue weighted by Gasteiger charge is 2.03. The number of rotatable bonds is 4. The lowest BCUT2D eigenvalue weighted by Crippen LogP contribution is -1.88. The number of anilines is 1. The monoisotopic (exact) mass is 471 g/mol. The van der Waals surface area contributed by atoms with Crippen LogP contribution in [0.25, 0.3) is 10.4 Å². The second kappa shape index (κ2) is 11.7. The summed E-state index contributed by atoms with van der Waals surface area (Å²) in [4.78, 5) is 4.63. The molecule has 4 aromatic rings. The maximum Gasteiger partial charge on any atom is 0.0785 e. The molecule has 0 spiro atoms. The number of nitrogens with two attached hydrogens (primary N) is 1. The molecule has 2 aromatic carbocycles. The highest BCUT2D eigenvalue weighted by molar-refractivity contribution is 7.16. The van der Waals surface area contributed by atoms with Gasteiger partial charge in [0.05, 0.1) is 9.75 Å². The molecule has 0 saturated carbocycles. The Balaban J connectivity index is 1.31. The first kappa shape index (κ1) is 23.1. The zero-order valence-electron chi connectivity index (χ0n) is 18.7. The van der Waals surface area contributed by atoms with Crippen LogP contribution in [0.4, 0.5) is 5.69 Å². The van der Waals surface area contributed by atoms with Gasteiger partial charge in [0.15, 0.2) is 0 Å². The molecular formula is C31H21NS2. The Morgan fingerprint density at radius 3 is 2.09 bits per heavy atom. The third kappa shape index (κ3) is 6.69. The van der Waals surface area contributed by atoms with Crippen molar-refractivity contribution in [1.82, 2.24) is 0 Å². The predicted octanol–water partition coefficient (Wildman–Crippen LogP) is 6.62. The maximum atomic E-state index is 5.69. The average molecular weight is 472 g/mol. The number of thiophene rings is 2. The minimum absolute atomic E-state index is 0.736. The van der Waals surface area contributed by atoms with E-state index in [2.05, 4.69) is 95.9 Å². The topological polar surface area (TPSA) is 26.0 Å². The van der Waals surface area contributed by atoms with E-state index in [-0.39, 0.29) is 0 Å². The summed E-state index contributed by atoms with van der Waals surface area (Å²) in [5.74, 6) is 23.6. The Kier molecular flexibility index (Phi) is 7.90. The van der Waals surface area contributed by atoms with Crippen LogP contribution in [0.2, 0.25) is 0 Å². The molecule has 162 valence electrons. The minimum atomic E-state index is 0.736. The summed E-state index contributed by atoms with van der Waals surface area (Å²) in [6, 6.07) is 24.7. The van der Waals surface area contributed by atoms with Crippen LogP contribution in [0.3, 0.4) is 0 Å². The van der Waals surface area contributed by atoms with Gasteiger partial charge in [-0.25, -0.2) is 0 Å². The third-order valence-corrected chi connectivity index (χ3v) is 7.02. The largest absolute Gasteiger partial charge is 0.399 e. The number of aryl methyl sites for hydroxylation is 2. The first-order chi connectivity index (χ1) is 16.7. The van der Waals surface area contributed by atoms with Gasteiger partial charge in [-0.15, -0.1) is 22.7 Å². The average Bonchev–Trinajstić information content (AvgIpc) is 3.52. The summed E-state index contributed by atoms with van der Waals surface area (Å²) in [6.07, 6.45) is 2.00. The van der Waals surface area contributed by atoms with Crippen molar-refractivity contribution in [3.63, 3.8) is 0 Å². The van der Waals surface area contributed by atoms with Gasteiger partial charge in [0.25, 0.3) is 0 Å². The van der Waals surface area contributed by atoms with E-state index in [0.717, 1.165) is 33.8 Å². The van der Waals surface area contributed by atoms with Gasteiger partial charge in [-0.1, -0.05) is 36.1 Å². The molecule has 3 heteroatoms. The molecule has 2 heterocycles. The van der Waals surface area contributed by atoms with E-state index in [4.69, 9.17) is 5.73 Å². The molecule has 4 rings (SSSR count). The van der Waals surface area contributed by atoms with Gasteiger partial charge in [0.1, 0.15) is 0 Å². The van der Waals surface area contributed by atoms with Crippen molar-refractivity contribution in [2.24, 2.45) is 0 Å². The molecular weight excluding hydrogens is 450 g/mol. The zero-order valence-corrected chi connectivity index (χ0v) is 20.4. The van der Waals surface area contributed by atoms with Crippen LogP contribution in [0.1, 0.15) is 32.7 Å². The van der Waals surface area contributed by atoms with Gasteiger partial charge in [-0.3, -0.25) is 0 Å². The summed E-state index contributed by atoms with van der Waals surface area (Å²) in [6.45, 7) is 1.79. The normalized spacial score (nSPS) is 9.32. The fourth-order valence-corrected chi connectivity index (χ4v) is 4.89. The summed E-state index contributed by atoms with van der Waals surface area (Å²) in [5.41, 5.74) is 9.88. The SMILES string of the molecule is CC#CC#Cc1ccc(-c2ccc(CCc3ccc(C#CC#Cc4ccc(N)cc4)s3)cc2)s1. The van der Waals surface area contributed by atoms with Crippen LogP contribution >= 0.6 is 22.7 Å². The highest BCUT2D eigenvalue weighted by Crippen LogP contribution is 2.28. The molecule has 0 bridgehead atoms. The summed E-state index contributed by atoms with van der Waals surface area (Å²) in [7, 11) is 0. The lowest BCUT2D eigenvalue weighted by Gasteiger charge is -2.02. The third-order valence-electron chi connectivity index (χ3n) is 4.91. The van der Waals surface area contributed by atoms with E-state index in [1.165, 1.54) is 20.9 Å². The van der Waals surface area contributed by atoms with Crippen LogP contribution in [0, 0.1) is 47.4 Å². The van der Waals surface area contributed by atoms with Crippen LogP contribution < -0.4 is 5.73 Å². The minimum Gasteiger partial charge on any atom is -0.399 e. The van der Waals surface area contributed by atoms with E-state index >= 15 is 0 Å². The molecule has 0 fully saturated rings. The summed E-state index contributed by atoms with van der Waals surface area (Å²) >= 11 is 3.43. The fraction of sp³-hybridized carbons (Fsp3) is 0.0968. The predicted molar refractivity (Wildman–Crippen MR) is 146 cm³/mol. The summed E-state index contributed by atoms with van der Waals surface area (Å²) < 4.78 is 0. The van der Waals surface area contributed by atoms with Crippen molar-refractivity contribution in [3.05, 3.63) is 98.6 Å². The zero-order chi connectivity index (χ0) is 23.6. The molecule has 2 N–H and O–H groups in total. The maximum absolute atomic E-state index is 5.69. The van der Waals surface area contributed by atoms with Crippen molar-refractivity contribution in [3.8, 4) is 57.8 Å². The van der Waals surface area contributed by atoms with Crippen molar-refractivity contribution in [1.29, 1.82) is 0 Å². The van der Waals surface area contributed by atoms with Crippen molar-refractivity contribution >= 4 is 28.4 Å². The van der Waals surface area contributed by atoms with Crippen LogP contribution in [-0.4, -0.2) is 0 Å². The molecule has 0 atom stereocenters. The second-order valence-corrected chi connectivity index (χ2v) is 9.63. The van der Waals surface area contributed by atoms with Crippen molar-refractivity contribution < 1.29 is 0 Å². The lowest BCUT2D eigenvalue weighted by atomic mass is 10.1. The Labute approximate surface area is 209 Å². The van der Waals surface area contributed by atoms with Gasteiger partial charge >= 0.3 is 0 Å². The fourth-order valence-electron chi connectivity index (χ4n) is 3.16. The van der Waals surface area contributed by atoms with E-state index in [1.54, 1.807) is 29.6 Å². The van der Waals surface area contributed by atoms with Crippen LogP contribution in [0.15, 0.2) is 72.8 Å². The molecule has 0 aliphatic heterocycles. The number of nitrogen functional groups attached to an aromatic ring is 1. The number of hydrogen-bond acceptors (Lipinski definition) is 3. The van der Waals surface area contributed by atoms with Crippen LogP contribution in [-0.2, 0) is 12.8 Å². The Morgan fingerprint density at radius 2 is 1.32 bits per heavy atom. The van der Waals surface area contributed by atoms with Gasteiger partial charge in [0.2, 0.25) is 0 Å². The van der Waals surface area contributed by atoms with E-state index in [0.29, 0.717) is 0 Å². The first-order valence-electron chi connectivity index (χ1n) is 10.8. The Bertz CT molecular complexity index is 1520. The molecule has 34 heavy (non-hydrogen) atoms. The molecule has 1 nitrogen and oxygen atoms in total. The van der Waals surface area contributed by atoms with Crippen LogP contribution in [0.5, 0.6) is 0 Å². The number of hydrogen-bond donors (Lipinski definition) is 1.